The average Bonchev–Trinajstić information content (AvgIpc) is 3.28. The Hall–Kier alpha value is -4.47. The molecule has 5 rings (SSSR count). The molecule has 1 aromatic heterocycles. The number of imidazole rings is 1. The van der Waals surface area contributed by atoms with Crippen molar-refractivity contribution >= 4 is 45.8 Å². The number of benzene rings is 4. The van der Waals surface area contributed by atoms with E-state index in [1.807, 2.05) is 30.3 Å². The minimum atomic E-state index is -4.87. The lowest BCUT2D eigenvalue weighted by Gasteiger charge is -2.22. The van der Waals surface area contributed by atoms with Crippen LogP contribution in [0.5, 0.6) is 5.75 Å². The first-order valence-corrected chi connectivity index (χ1v) is 13.4. The second-order valence-electron chi connectivity index (χ2n) is 9.26. The van der Waals surface area contributed by atoms with Crippen LogP contribution in [0.2, 0.25) is 10.0 Å². The van der Waals surface area contributed by atoms with E-state index in [1.165, 1.54) is 46.0 Å². The fourth-order valence-electron chi connectivity index (χ4n) is 4.49. The van der Waals surface area contributed by atoms with Gasteiger partial charge in [-0.1, -0.05) is 65.7 Å². The highest BCUT2D eigenvalue weighted by atomic mass is 35.5. The predicted octanol–water partition coefficient (Wildman–Crippen LogP) is 7.77. The fourth-order valence-corrected chi connectivity index (χ4v) is 5.02. The van der Waals surface area contributed by atoms with E-state index in [1.54, 1.807) is 24.3 Å². The highest BCUT2D eigenvalue weighted by Gasteiger charge is 2.31. The Kier molecular flexibility index (Phi) is 8.42. The molecule has 214 valence electrons. The number of carbonyl (C=O) groups is 1. The van der Waals surface area contributed by atoms with Crippen LogP contribution < -0.4 is 10.4 Å². The van der Waals surface area contributed by atoms with Crippen molar-refractivity contribution in [2.75, 3.05) is 6.54 Å². The lowest BCUT2D eigenvalue weighted by Crippen LogP contribution is -2.30. The molecule has 0 spiro atoms. The third kappa shape index (κ3) is 6.87. The van der Waals surface area contributed by atoms with E-state index in [9.17, 15) is 22.8 Å². The van der Waals surface area contributed by atoms with Gasteiger partial charge in [0.05, 0.1) is 16.7 Å². The summed E-state index contributed by atoms with van der Waals surface area (Å²) < 4.78 is 43.8. The Bertz CT molecular complexity index is 1790. The lowest BCUT2D eigenvalue weighted by atomic mass is 10.1. The van der Waals surface area contributed by atoms with E-state index < -0.39 is 23.7 Å². The summed E-state index contributed by atoms with van der Waals surface area (Å²) in [4.78, 5) is 31.4. The second kappa shape index (κ2) is 12.2. The maximum atomic E-state index is 13.9. The molecule has 5 aromatic rings. The lowest BCUT2D eigenvalue weighted by molar-refractivity contribution is -0.274. The third-order valence-corrected chi connectivity index (χ3v) is 6.78. The summed E-state index contributed by atoms with van der Waals surface area (Å²) in [6.45, 7) is 0.197. The standard InChI is InChI=1S/C31H22Cl2F3N3O3/c32-23-16-22(17-24(33)18-23)29(40)38(15-14-20-6-2-1-3-7-20)19-28(21-10-12-25(13-11-21)42-31(34,35)36)39-27-9-5-4-8-26(27)37-30(39)41/h1-13,16-19H,14-15H2,(H,37,41)/b28-19+. The summed E-state index contributed by atoms with van der Waals surface area (Å²) in [5, 5.41) is 0.539. The van der Waals surface area contributed by atoms with Gasteiger partial charge in [-0.2, -0.15) is 0 Å². The highest BCUT2D eigenvalue weighted by Crippen LogP contribution is 2.28. The number of H-pyrrole nitrogens is 1. The van der Waals surface area contributed by atoms with Gasteiger partial charge in [0.1, 0.15) is 5.75 Å². The second-order valence-corrected chi connectivity index (χ2v) is 10.1. The number of nitrogens with one attached hydrogen (secondary N) is 1. The molecule has 6 nitrogen and oxygen atoms in total. The molecule has 11 heteroatoms. The summed E-state index contributed by atoms with van der Waals surface area (Å²) in [5.74, 6) is -0.875. The zero-order chi connectivity index (χ0) is 29.9. The monoisotopic (exact) mass is 611 g/mol. The SMILES string of the molecule is O=C(c1cc(Cl)cc(Cl)c1)N(/C=C(\c1ccc(OC(F)(F)F)cc1)n1c(=O)[nH]c2ccccc21)CCc1ccccc1. The van der Waals surface area contributed by atoms with Gasteiger partial charge >= 0.3 is 12.1 Å². The van der Waals surface area contributed by atoms with Crippen molar-refractivity contribution < 1.29 is 22.7 Å². The number of aromatic nitrogens is 2. The number of rotatable bonds is 8. The van der Waals surface area contributed by atoms with Crippen molar-refractivity contribution in [3.63, 3.8) is 0 Å². The number of amides is 1. The average molecular weight is 612 g/mol. The molecular formula is C31H22Cl2F3N3O3. The van der Waals surface area contributed by atoms with Gasteiger partial charge in [0.25, 0.3) is 5.91 Å². The third-order valence-electron chi connectivity index (χ3n) is 6.35. The number of hydrogen-bond donors (Lipinski definition) is 1. The molecule has 0 unspecified atom stereocenters. The van der Waals surface area contributed by atoms with E-state index in [-0.39, 0.29) is 27.9 Å². The molecule has 0 aliphatic rings. The van der Waals surface area contributed by atoms with Crippen molar-refractivity contribution in [3.8, 4) is 5.75 Å². The number of aromatic amines is 1. The number of fused-ring (bicyclic) bond motifs is 1. The molecule has 1 heterocycles. The normalized spacial score (nSPS) is 12.0. The van der Waals surface area contributed by atoms with Crippen LogP contribution in [0.15, 0.2) is 108 Å². The van der Waals surface area contributed by atoms with Crippen molar-refractivity contribution in [1.29, 1.82) is 0 Å². The maximum absolute atomic E-state index is 13.9. The summed E-state index contributed by atoms with van der Waals surface area (Å²) in [5.41, 5.74) is 2.33. The van der Waals surface area contributed by atoms with Crippen LogP contribution in [0.25, 0.3) is 16.7 Å². The number of hydrogen-bond acceptors (Lipinski definition) is 3. The minimum Gasteiger partial charge on any atom is -0.406 e. The largest absolute Gasteiger partial charge is 0.573 e. The molecule has 0 aliphatic heterocycles. The molecule has 0 fully saturated rings. The van der Waals surface area contributed by atoms with E-state index in [0.717, 1.165) is 17.7 Å². The molecule has 42 heavy (non-hydrogen) atoms. The molecule has 0 radical (unpaired) electrons. The first kappa shape index (κ1) is 29.0. The quantitative estimate of drug-likeness (QED) is 0.195. The Morgan fingerprint density at radius 3 is 2.19 bits per heavy atom. The summed E-state index contributed by atoms with van der Waals surface area (Å²) in [6.07, 6.45) is -2.90. The summed E-state index contributed by atoms with van der Waals surface area (Å²) >= 11 is 12.4. The molecule has 0 atom stereocenters. The Morgan fingerprint density at radius 2 is 1.52 bits per heavy atom. The van der Waals surface area contributed by atoms with Crippen molar-refractivity contribution in [2.45, 2.75) is 12.8 Å². The smallest absolute Gasteiger partial charge is 0.406 e. The number of alkyl halides is 3. The number of ether oxygens (including phenoxy) is 1. The number of nitrogens with zero attached hydrogens (tertiary/aromatic N) is 2. The fraction of sp³-hybridized carbons (Fsp3) is 0.0968. The van der Waals surface area contributed by atoms with Crippen LogP contribution in [0, 0.1) is 0 Å². The Balaban J connectivity index is 1.66. The van der Waals surface area contributed by atoms with Gasteiger partial charge in [-0.25, -0.2) is 4.79 Å². The first-order chi connectivity index (χ1) is 20.1. The summed E-state index contributed by atoms with van der Waals surface area (Å²) in [6, 6.07) is 26.0. The van der Waals surface area contributed by atoms with Crippen LogP contribution in [-0.4, -0.2) is 33.3 Å². The molecule has 0 saturated heterocycles. The molecule has 1 N–H and O–H groups in total. The van der Waals surface area contributed by atoms with E-state index in [0.29, 0.717) is 23.0 Å². The number of halogens is 5. The van der Waals surface area contributed by atoms with E-state index in [2.05, 4.69) is 9.72 Å². The van der Waals surface area contributed by atoms with Crippen molar-refractivity contribution in [3.05, 3.63) is 140 Å². The summed E-state index contributed by atoms with van der Waals surface area (Å²) in [7, 11) is 0. The molecule has 0 bridgehead atoms. The van der Waals surface area contributed by atoms with Gasteiger partial charge in [0.2, 0.25) is 0 Å². The Labute approximate surface area is 248 Å². The van der Waals surface area contributed by atoms with Crippen molar-refractivity contribution in [2.24, 2.45) is 0 Å². The molecule has 1 amide bonds. The van der Waals surface area contributed by atoms with Crippen molar-refractivity contribution in [1.82, 2.24) is 14.5 Å². The van der Waals surface area contributed by atoms with Gasteiger partial charge in [-0.15, -0.1) is 13.2 Å². The predicted molar refractivity (Wildman–Crippen MR) is 157 cm³/mol. The van der Waals surface area contributed by atoms with Crippen LogP contribution in [0.4, 0.5) is 13.2 Å². The topological polar surface area (TPSA) is 67.3 Å². The van der Waals surface area contributed by atoms with Gasteiger partial charge < -0.3 is 14.6 Å². The molecule has 0 saturated carbocycles. The molecule has 4 aromatic carbocycles. The van der Waals surface area contributed by atoms with Gasteiger partial charge in [-0.05, 0) is 66.6 Å². The van der Waals surface area contributed by atoms with Gasteiger partial charge in [0, 0.05) is 33.9 Å². The zero-order valence-electron chi connectivity index (χ0n) is 21.7. The number of carbonyl (C=O) groups excluding carboxylic acids is 1. The first-order valence-electron chi connectivity index (χ1n) is 12.7. The van der Waals surface area contributed by atoms with Gasteiger partial charge in [0.15, 0.2) is 0 Å². The zero-order valence-corrected chi connectivity index (χ0v) is 23.3. The number of para-hydroxylation sites is 2. The van der Waals surface area contributed by atoms with Crippen LogP contribution in [-0.2, 0) is 6.42 Å². The van der Waals surface area contributed by atoms with Crippen LogP contribution in [0.1, 0.15) is 21.5 Å². The maximum Gasteiger partial charge on any atom is 0.573 e. The van der Waals surface area contributed by atoms with E-state index >= 15 is 0 Å². The van der Waals surface area contributed by atoms with Crippen LogP contribution >= 0.6 is 23.2 Å². The van der Waals surface area contributed by atoms with E-state index in [4.69, 9.17) is 23.2 Å². The Morgan fingerprint density at radius 1 is 0.881 bits per heavy atom. The minimum absolute atomic E-state index is 0.197. The van der Waals surface area contributed by atoms with Crippen LogP contribution in [0.3, 0.4) is 0 Å². The molecular weight excluding hydrogens is 590 g/mol. The highest BCUT2D eigenvalue weighted by molar-refractivity contribution is 6.35. The molecule has 0 aliphatic carbocycles. The van der Waals surface area contributed by atoms with Gasteiger partial charge in [-0.3, -0.25) is 9.36 Å².